The van der Waals surface area contributed by atoms with Gasteiger partial charge in [0.15, 0.2) is 0 Å². The molecule has 3 heterocycles. The minimum absolute atomic E-state index is 0.0652. The molecule has 0 atom stereocenters. The molecule has 2 saturated heterocycles. The smallest absolute Gasteiger partial charge is 0.225 e. The molecule has 146 valence electrons. The van der Waals surface area contributed by atoms with E-state index in [0.29, 0.717) is 39.4 Å². The molecule has 1 aromatic carbocycles. The highest BCUT2D eigenvalue weighted by atomic mass is 16.5. The van der Waals surface area contributed by atoms with E-state index in [1.807, 2.05) is 34.1 Å². The molecule has 1 aromatic rings. The van der Waals surface area contributed by atoms with E-state index in [2.05, 4.69) is 0 Å². The maximum atomic E-state index is 12.8. The average Bonchev–Trinajstić information content (AvgIpc) is 2.85. The zero-order chi connectivity index (χ0) is 18.9. The van der Waals surface area contributed by atoms with Crippen molar-refractivity contribution in [2.45, 2.75) is 44.8 Å². The van der Waals surface area contributed by atoms with Gasteiger partial charge in [0.05, 0.1) is 6.54 Å². The molecular formula is C21H28N2O4. The molecule has 0 saturated carbocycles. The van der Waals surface area contributed by atoms with Gasteiger partial charge in [0, 0.05) is 64.1 Å². The number of carbonyl (C=O) groups is 2. The molecule has 0 unspecified atom stereocenters. The van der Waals surface area contributed by atoms with Gasteiger partial charge in [0.1, 0.15) is 11.4 Å². The topological polar surface area (TPSA) is 59.1 Å². The Morgan fingerprint density at radius 3 is 2.48 bits per heavy atom. The molecular weight excluding hydrogens is 344 g/mol. The maximum Gasteiger partial charge on any atom is 0.225 e. The van der Waals surface area contributed by atoms with Gasteiger partial charge in [-0.05, 0) is 18.9 Å². The highest BCUT2D eigenvalue weighted by molar-refractivity contribution is 5.79. The van der Waals surface area contributed by atoms with Crippen LogP contribution in [0.15, 0.2) is 24.3 Å². The molecule has 1 spiro atoms. The van der Waals surface area contributed by atoms with Crippen molar-refractivity contribution < 1.29 is 19.1 Å². The zero-order valence-electron chi connectivity index (χ0n) is 16.0. The van der Waals surface area contributed by atoms with E-state index in [0.717, 1.165) is 37.0 Å². The van der Waals surface area contributed by atoms with Crippen molar-refractivity contribution in [3.8, 4) is 5.75 Å². The van der Waals surface area contributed by atoms with Gasteiger partial charge in [-0.1, -0.05) is 18.2 Å². The monoisotopic (exact) mass is 372 g/mol. The summed E-state index contributed by atoms with van der Waals surface area (Å²) >= 11 is 0. The van der Waals surface area contributed by atoms with Crippen molar-refractivity contribution >= 4 is 11.8 Å². The largest absolute Gasteiger partial charge is 0.485 e. The summed E-state index contributed by atoms with van der Waals surface area (Å²) in [5.41, 5.74) is 0.635. The number of amides is 2. The summed E-state index contributed by atoms with van der Waals surface area (Å²) in [4.78, 5) is 28.9. The van der Waals surface area contributed by atoms with Gasteiger partial charge in [-0.15, -0.1) is 0 Å². The van der Waals surface area contributed by atoms with E-state index in [9.17, 15) is 9.59 Å². The summed E-state index contributed by atoms with van der Waals surface area (Å²) in [6.45, 7) is 5.51. The lowest BCUT2D eigenvalue weighted by Crippen LogP contribution is -2.55. The Morgan fingerprint density at radius 2 is 1.78 bits per heavy atom. The Balaban J connectivity index is 1.48. The lowest BCUT2D eigenvalue weighted by molar-refractivity contribution is -0.144. The van der Waals surface area contributed by atoms with Crippen LogP contribution in [0.2, 0.25) is 0 Å². The van der Waals surface area contributed by atoms with Crippen LogP contribution in [0.25, 0.3) is 0 Å². The minimum Gasteiger partial charge on any atom is -0.485 e. The number of rotatable bonds is 1. The van der Waals surface area contributed by atoms with Crippen LogP contribution in [0.4, 0.5) is 0 Å². The van der Waals surface area contributed by atoms with E-state index < -0.39 is 5.60 Å². The van der Waals surface area contributed by atoms with Gasteiger partial charge < -0.3 is 19.3 Å². The van der Waals surface area contributed by atoms with E-state index in [1.54, 1.807) is 6.92 Å². The molecule has 2 amide bonds. The maximum absolute atomic E-state index is 12.8. The van der Waals surface area contributed by atoms with Gasteiger partial charge in [-0.25, -0.2) is 0 Å². The van der Waals surface area contributed by atoms with Gasteiger partial charge in [0.2, 0.25) is 11.8 Å². The van der Waals surface area contributed by atoms with Crippen molar-refractivity contribution in [1.29, 1.82) is 0 Å². The molecule has 6 heteroatoms. The molecule has 0 aromatic heterocycles. The summed E-state index contributed by atoms with van der Waals surface area (Å²) in [5.74, 6) is 1.28. The fourth-order valence-corrected chi connectivity index (χ4v) is 4.43. The Labute approximate surface area is 160 Å². The van der Waals surface area contributed by atoms with Crippen LogP contribution in [0.3, 0.4) is 0 Å². The van der Waals surface area contributed by atoms with Crippen LogP contribution >= 0.6 is 0 Å². The second kappa shape index (κ2) is 7.50. The number of likely N-dealkylation sites (tertiary alicyclic amines) is 1. The van der Waals surface area contributed by atoms with Gasteiger partial charge in [-0.3, -0.25) is 9.59 Å². The number of carbonyl (C=O) groups excluding carboxylic acids is 2. The quantitative estimate of drug-likeness (QED) is 0.758. The number of piperidine rings is 1. The van der Waals surface area contributed by atoms with E-state index in [1.165, 1.54) is 0 Å². The first-order chi connectivity index (χ1) is 13.1. The molecule has 0 N–H and O–H groups in total. The van der Waals surface area contributed by atoms with Crippen LogP contribution in [0, 0.1) is 5.92 Å². The third-order valence-corrected chi connectivity index (χ3v) is 6.14. The number of hydrogen-bond donors (Lipinski definition) is 0. The molecule has 2 fully saturated rings. The zero-order valence-corrected chi connectivity index (χ0v) is 16.0. The predicted octanol–water partition coefficient (Wildman–Crippen LogP) is 2.22. The Morgan fingerprint density at radius 1 is 1.07 bits per heavy atom. The highest BCUT2D eigenvalue weighted by Gasteiger charge is 2.43. The van der Waals surface area contributed by atoms with E-state index in [4.69, 9.17) is 9.47 Å². The Bertz CT molecular complexity index is 706. The van der Waals surface area contributed by atoms with Crippen LogP contribution in [0.1, 0.15) is 38.2 Å². The number of benzene rings is 1. The van der Waals surface area contributed by atoms with Crippen LogP contribution in [0.5, 0.6) is 5.75 Å². The fourth-order valence-electron chi connectivity index (χ4n) is 4.43. The first-order valence-electron chi connectivity index (χ1n) is 9.95. The van der Waals surface area contributed by atoms with Crippen molar-refractivity contribution in [3.63, 3.8) is 0 Å². The second-order valence-corrected chi connectivity index (χ2v) is 7.98. The number of ether oxygens (including phenoxy) is 2. The first kappa shape index (κ1) is 18.3. The normalized spacial score (nSPS) is 22.7. The van der Waals surface area contributed by atoms with Crippen LogP contribution in [-0.4, -0.2) is 60.1 Å². The third kappa shape index (κ3) is 3.81. The van der Waals surface area contributed by atoms with Gasteiger partial charge in [0.25, 0.3) is 0 Å². The van der Waals surface area contributed by atoms with Gasteiger partial charge >= 0.3 is 0 Å². The van der Waals surface area contributed by atoms with Crippen molar-refractivity contribution in [1.82, 2.24) is 9.80 Å². The summed E-state index contributed by atoms with van der Waals surface area (Å²) in [5, 5.41) is 0. The first-order valence-corrected chi connectivity index (χ1v) is 9.95. The number of nitrogens with zero attached hydrogens (tertiary/aromatic N) is 2. The number of hydrogen-bond acceptors (Lipinski definition) is 4. The lowest BCUT2D eigenvalue weighted by atomic mass is 9.89. The van der Waals surface area contributed by atoms with Crippen molar-refractivity contribution in [3.05, 3.63) is 29.8 Å². The van der Waals surface area contributed by atoms with Gasteiger partial charge in [-0.2, -0.15) is 0 Å². The summed E-state index contributed by atoms with van der Waals surface area (Å²) in [7, 11) is 0. The summed E-state index contributed by atoms with van der Waals surface area (Å²) in [6, 6.07) is 7.96. The highest BCUT2D eigenvalue weighted by Crippen LogP contribution is 2.36. The van der Waals surface area contributed by atoms with Crippen molar-refractivity contribution in [2.24, 2.45) is 5.92 Å². The third-order valence-electron chi connectivity index (χ3n) is 6.14. The molecule has 4 rings (SSSR count). The SMILES string of the molecule is CC(=O)N1Cc2ccccc2OC2(CCN(C(=O)C3CCOCC3)CC2)C1. The second-order valence-electron chi connectivity index (χ2n) is 7.98. The average molecular weight is 372 g/mol. The molecule has 3 aliphatic rings. The van der Waals surface area contributed by atoms with Crippen LogP contribution < -0.4 is 4.74 Å². The van der Waals surface area contributed by atoms with E-state index >= 15 is 0 Å². The molecule has 6 nitrogen and oxygen atoms in total. The minimum atomic E-state index is -0.412. The summed E-state index contributed by atoms with van der Waals surface area (Å²) < 4.78 is 11.9. The predicted molar refractivity (Wildman–Crippen MR) is 100 cm³/mol. The standard InChI is InChI=1S/C21H28N2O4/c1-16(24)23-14-18-4-2-3-5-19(18)27-21(15-23)8-10-22(11-9-21)20(25)17-6-12-26-13-7-17/h2-5,17H,6-15H2,1H3. The number of para-hydroxylation sites is 1. The number of fused-ring (bicyclic) bond motifs is 1. The molecule has 0 bridgehead atoms. The van der Waals surface area contributed by atoms with E-state index in [-0.39, 0.29) is 17.7 Å². The molecule has 27 heavy (non-hydrogen) atoms. The molecule has 0 radical (unpaired) electrons. The Kier molecular flexibility index (Phi) is 5.08. The summed E-state index contributed by atoms with van der Waals surface area (Å²) in [6.07, 6.45) is 3.14. The fraction of sp³-hybridized carbons (Fsp3) is 0.619. The Hall–Kier alpha value is -2.08. The van der Waals surface area contributed by atoms with Crippen LogP contribution in [-0.2, 0) is 20.9 Å². The van der Waals surface area contributed by atoms with Crippen molar-refractivity contribution in [2.75, 3.05) is 32.8 Å². The molecule has 0 aliphatic carbocycles. The lowest BCUT2D eigenvalue weighted by Gasteiger charge is -2.43. The molecule has 3 aliphatic heterocycles.